The van der Waals surface area contributed by atoms with Crippen molar-refractivity contribution in [2.75, 3.05) is 12.0 Å². The SMILES string of the molecule is COc1ccc(N2C(=O)C(=Cc3cccs3)SC2=S)cc1Cl. The van der Waals surface area contributed by atoms with Crippen molar-refractivity contribution in [3.05, 3.63) is 50.5 Å². The fraction of sp³-hybridized carbons (Fsp3) is 0.0667. The number of anilines is 1. The molecule has 2 aromatic rings. The number of hydrogen-bond donors (Lipinski definition) is 0. The van der Waals surface area contributed by atoms with E-state index >= 15 is 0 Å². The van der Waals surface area contributed by atoms with Crippen LogP contribution in [0.4, 0.5) is 5.69 Å². The average Bonchev–Trinajstić information content (AvgIpc) is 3.08. The third kappa shape index (κ3) is 2.92. The lowest BCUT2D eigenvalue weighted by Gasteiger charge is -2.15. The molecule has 0 unspecified atom stereocenters. The minimum absolute atomic E-state index is 0.135. The second-order valence-electron chi connectivity index (χ2n) is 4.35. The highest BCUT2D eigenvalue weighted by Gasteiger charge is 2.33. The molecule has 0 bridgehead atoms. The van der Waals surface area contributed by atoms with E-state index in [9.17, 15) is 4.79 Å². The van der Waals surface area contributed by atoms with E-state index in [0.29, 0.717) is 25.7 Å². The van der Waals surface area contributed by atoms with Crippen LogP contribution in [-0.2, 0) is 4.79 Å². The normalized spacial score (nSPS) is 16.6. The van der Waals surface area contributed by atoms with E-state index in [4.69, 9.17) is 28.6 Å². The van der Waals surface area contributed by atoms with Crippen LogP contribution in [0.15, 0.2) is 40.6 Å². The molecule has 1 aliphatic heterocycles. The summed E-state index contributed by atoms with van der Waals surface area (Å²) in [6, 6.07) is 9.07. The van der Waals surface area contributed by atoms with Gasteiger partial charge in [-0.05, 0) is 35.7 Å². The molecule has 1 amide bonds. The number of methoxy groups -OCH3 is 1. The second kappa shape index (κ2) is 6.42. The number of carbonyl (C=O) groups excluding carboxylic acids is 1. The summed E-state index contributed by atoms with van der Waals surface area (Å²) in [5.41, 5.74) is 0.642. The van der Waals surface area contributed by atoms with Gasteiger partial charge in [-0.2, -0.15) is 0 Å². The Labute approximate surface area is 146 Å². The van der Waals surface area contributed by atoms with Crippen molar-refractivity contribution in [1.29, 1.82) is 0 Å². The highest BCUT2D eigenvalue weighted by atomic mass is 35.5. The van der Waals surface area contributed by atoms with Gasteiger partial charge in [-0.25, -0.2) is 0 Å². The lowest BCUT2D eigenvalue weighted by atomic mass is 10.2. The molecule has 3 nitrogen and oxygen atoms in total. The number of carbonyl (C=O) groups is 1. The Hall–Kier alpha value is -1.34. The molecule has 0 radical (unpaired) electrons. The monoisotopic (exact) mass is 367 g/mol. The molecule has 1 aromatic heterocycles. The number of thiophene rings is 1. The van der Waals surface area contributed by atoms with Crippen LogP contribution in [0.1, 0.15) is 4.88 Å². The van der Waals surface area contributed by atoms with E-state index < -0.39 is 0 Å². The Kier molecular flexibility index (Phi) is 4.54. The fourth-order valence-corrected chi connectivity index (χ4v) is 4.26. The average molecular weight is 368 g/mol. The Morgan fingerprint density at radius 1 is 1.36 bits per heavy atom. The van der Waals surface area contributed by atoms with Crippen LogP contribution in [0, 0.1) is 0 Å². The minimum Gasteiger partial charge on any atom is -0.495 e. The summed E-state index contributed by atoms with van der Waals surface area (Å²) in [4.78, 5) is 15.7. The zero-order chi connectivity index (χ0) is 15.7. The number of halogens is 1. The zero-order valence-electron chi connectivity index (χ0n) is 11.4. The van der Waals surface area contributed by atoms with Gasteiger partial charge >= 0.3 is 0 Å². The van der Waals surface area contributed by atoms with E-state index in [2.05, 4.69) is 0 Å². The number of thiocarbonyl (C=S) groups is 1. The Balaban J connectivity index is 1.93. The second-order valence-corrected chi connectivity index (χ2v) is 7.41. The first-order chi connectivity index (χ1) is 10.6. The molecule has 2 heterocycles. The van der Waals surface area contributed by atoms with Crippen LogP contribution in [0.3, 0.4) is 0 Å². The van der Waals surface area contributed by atoms with Gasteiger partial charge in [0.2, 0.25) is 0 Å². The molecule has 1 aromatic carbocycles. The van der Waals surface area contributed by atoms with Gasteiger partial charge < -0.3 is 4.74 Å². The first-order valence-corrected chi connectivity index (χ1v) is 8.73. The Morgan fingerprint density at radius 2 is 2.18 bits per heavy atom. The van der Waals surface area contributed by atoms with Crippen LogP contribution in [0.2, 0.25) is 5.02 Å². The van der Waals surface area contributed by atoms with Gasteiger partial charge in [0.1, 0.15) is 5.75 Å². The Bertz CT molecular complexity index is 771. The van der Waals surface area contributed by atoms with E-state index in [-0.39, 0.29) is 5.91 Å². The predicted octanol–water partition coefficient (Wildman–Crippen LogP) is 4.82. The zero-order valence-corrected chi connectivity index (χ0v) is 14.6. The van der Waals surface area contributed by atoms with E-state index in [1.54, 1.807) is 36.6 Å². The van der Waals surface area contributed by atoms with Gasteiger partial charge in [-0.3, -0.25) is 9.69 Å². The molecule has 7 heteroatoms. The van der Waals surface area contributed by atoms with Crippen molar-refractivity contribution in [3.8, 4) is 5.75 Å². The molecule has 0 saturated carbocycles. The molecule has 1 saturated heterocycles. The summed E-state index contributed by atoms with van der Waals surface area (Å²) in [6.07, 6.45) is 1.86. The van der Waals surface area contributed by atoms with E-state index in [0.717, 1.165) is 4.88 Å². The number of amides is 1. The summed E-state index contributed by atoms with van der Waals surface area (Å²) in [7, 11) is 1.55. The largest absolute Gasteiger partial charge is 0.495 e. The first-order valence-electron chi connectivity index (χ1n) is 6.25. The highest BCUT2D eigenvalue weighted by Crippen LogP contribution is 2.38. The van der Waals surface area contributed by atoms with Gasteiger partial charge in [0, 0.05) is 4.88 Å². The number of benzene rings is 1. The van der Waals surface area contributed by atoms with E-state index in [1.165, 1.54) is 16.7 Å². The van der Waals surface area contributed by atoms with Crippen LogP contribution >= 0.6 is 46.9 Å². The molecule has 112 valence electrons. The summed E-state index contributed by atoms with van der Waals surface area (Å²) in [6.45, 7) is 0. The molecule has 0 N–H and O–H groups in total. The minimum atomic E-state index is -0.135. The van der Waals surface area contributed by atoms with Gasteiger partial charge in [0.15, 0.2) is 4.32 Å². The standard InChI is InChI=1S/C15H10ClNO2S3/c1-19-12-5-4-9(7-11(12)16)17-14(18)13(22-15(17)20)8-10-3-2-6-21-10/h2-8H,1H3. The molecular formula is C15H10ClNO2S3. The molecule has 0 aliphatic carbocycles. The van der Waals surface area contributed by atoms with Crippen molar-refractivity contribution in [3.63, 3.8) is 0 Å². The highest BCUT2D eigenvalue weighted by molar-refractivity contribution is 8.27. The number of thioether (sulfide) groups is 1. The molecule has 1 fully saturated rings. The van der Waals surface area contributed by atoms with Crippen molar-refractivity contribution in [1.82, 2.24) is 0 Å². The summed E-state index contributed by atoms with van der Waals surface area (Å²) in [5, 5.41) is 2.41. The smallest absolute Gasteiger partial charge is 0.270 e. The lowest BCUT2D eigenvalue weighted by molar-refractivity contribution is -0.113. The van der Waals surface area contributed by atoms with Gasteiger partial charge in [-0.15, -0.1) is 11.3 Å². The molecule has 1 aliphatic rings. The summed E-state index contributed by atoms with van der Waals surface area (Å²) < 4.78 is 5.62. The van der Waals surface area contributed by atoms with Gasteiger partial charge in [0.25, 0.3) is 5.91 Å². The van der Waals surface area contributed by atoms with Crippen molar-refractivity contribution in [2.45, 2.75) is 0 Å². The third-order valence-corrected chi connectivity index (χ3v) is 5.42. The van der Waals surface area contributed by atoms with Crippen LogP contribution in [0.5, 0.6) is 5.75 Å². The maximum atomic E-state index is 12.6. The molecule has 0 atom stereocenters. The lowest BCUT2D eigenvalue weighted by Crippen LogP contribution is -2.27. The number of nitrogens with zero attached hydrogens (tertiary/aromatic N) is 1. The Morgan fingerprint density at radius 3 is 2.82 bits per heavy atom. The summed E-state index contributed by atoms with van der Waals surface area (Å²) >= 11 is 14.3. The first kappa shape index (κ1) is 15.6. The number of hydrogen-bond acceptors (Lipinski definition) is 5. The molecular weight excluding hydrogens is 358 g/mol. The van der Waals surface area contributed by atoms with Crippen LogP contribution in [0.25, 0.3) is 6.08 Å². The van der Waals surface area contributed by atoms with Crippen molar-refractivity contribution in [2.24, 2.45) is 0 Å². The predicted molar refractivity (Wildman–Crippen MR) is 98.0 cm³/mol. The maximum absolute atomic E-state index is 12.6. The van der Waals surface area contributed by atoms with Crippen LogP contribution in [-0.4, -0.2) is 17.3 Å². The molecule has 22 heavy (non-hydrogen) atoms. The van der Waals surface area contributed by atoms with Crippen molar-refractivity contribution >= 4 is 68.9 Å². The number of ether oxygens (including phenoxy) is 1. The van der Waals surface area contributed by atoms with E-state index in [1.807, 2.05) is 23.6 Å². The maximum Gasteiger partial charge on any atom is 0.270 e. The number of rotatable bonds is 3. The van der Waals surface area contributed by atoms with Gasteiger partial charge in [0.05, 0.1) is 22.7 Å². The van der Waals surface area contributed by atoms with Crippen molar-refractivity contribution < 1.29 is 9.53 Å². The molecule has 0 spiro atoms. The molecule has 3 rings (SSSR count). The fourth-order valence-electron chi connectivity index (χ4n) is 1.99. The van der Waals surface area contributed by atoms with Crippen LogP contribution < -0.4 is 9.64 Å². The summed E-state index contributed by atoms with van der Waals surface area (Å²) in [5.74, 6) is 0.426. The van der Waals surface area contributed by atoms with Gasteiger partial charge in [-0.1, -0.05) is 41.6 Å². The third-order valence-electron chi connectivity index (χ3n) is 3.00. The quantitative estimate of drug-likeness (QED) is 0.574. The topological polar surface area (TPSA) is 29.5 Å².